The lowest BCUT2D eigenvalue weighted by Gasteiger charge is -2.10. The molecule has 1 atom stereocenters. The summed E-state index contributed by atoms with van der Waals surface area (Å²) in [4.78, 5) is 21.0. The van der Waals surface area contributed by atoms with Gasteiger partial charge in [-0.25, -0.2) is 14.6 Å². The Kier molecular flexibility index (Phi) is 5.76. The summed E-state index contributed by atoms with van der Waals surface area (Å²) >= 11 is 1.42. The predicted molar refractivity (Wildman–Crippen MR) is 119 cm³/mol. The lowest BCUT2D eigenvalue weighted by molar-refractivity contribution is -0.119. The van der Waals surface area contributed by atoms with Crippen LogP contribution >= 0.6 is 11.3 Å². The topological polar surface area (TPSA) is 77.6 Å². The smallest absolute Gasteiger partial charge is 0.250 e. The molecule has 1 unspecified atom stereocenters. The SMILES string of the molecule is Cc1cc(-c2csc(NC(=O)C(C)n3cncn3)n2)c(C)n1CCc1ccccc1. The van der Waals surface area contributed by atoms with Gasteiger partial charge < -0.3 is 9.88 Å². The molecule has 8 heteroatoms. The molecule has 0 aliphatic rings. The Labute approximate surface area is 179 Å². The molecule has 0 fully saturated rings. The first-order valence-electron chi connectivity index (χ1n) is 9.84. The molecular weight excluding hydrogens is 396 g/mol. The summed E-state index contributed by atoms with van der Waals surface area (Å²) in [7, 11) is 0. The van der Waals surface area contributed by atoms with Crippen LogP contribution in [0.4, 0.5) is 5.13 Å². The number of rotatable bonds is 7. The van der Waals surface area contributed by atoms with E-state index in [0.29, 0.717) is 5.13 Å². The van der Waals surface area contributed by atoms with Gasteiger partial charge in [-0.15, -0.1) is 11.3 Å². The molecule has 4 aromatic rings. The Morgan fingerprint density at radius 2 is 2.03 bits per heavy atom. The van der Waals surface area contributed by atoms with E-state index in [-0.39, 0.29) is 5.91 Å². The van der Waals surface area contributed by atoms with Crippen molar-refractivity contribution in [3.63, 3.8) is 0 Å². The molecule has 0 bridgehead atoms. The molecular formula is C22H24N6OS. The Hall–Kier alpha value is -3.26. The van der Waals surface area contributed by atoms with E-state index in [4.69, 9.17) is 0 Å². The normalized spacial score (nSPS) is 12.1. The van der Waals surface area contributed by atoms with Crippen molar-refractivity contribution < 1.29 is 4.79 Å². The second-order valence-corrected chi connectivity index (χ2v) is 8.11. The van der Waals surface area contributed by atoms with Gasteiger partial charge in [0, 0.05) is 28.9 Å². The third kappa shape index (κ3) is 4.18. The second-order valence-electron chi connectivity index (χ2n) is 7.25. The minimum Gasteiger partial charge on any atom is -0.348 e. The zero-order valence-electron chi connectivity index (χ0n) is 17.2. The summed E-state index contributed by atoms with van der Waals surface area (Å²) in [6, 6.07) is 12.2. The molecule has 0 aliphatic carbocycles. The first kappa shape index (κ1) is 20.0. The van der Waals surface area contributed by atoms with Crippen molar-refractivity contribution in [1.82, 2.24) is 24.3 Å². The van der Waals surface area contributed by atoms with Crippen molar-refractivity contribution in [2.45, 2.75) is 39.8 Å². The Morgan fingerprint density at radius 3 is 2.77 bits per heavy atom. The van der Waals surface area contributed by atoms with Gasteiger partial charge in [-0.3, -0.25) is 4.79 Å². The number of nitrogens with one attached hydrogen (secondary N) is 1. The van der Waals surface area contributed by atoms with E-state index >= 15 is 0 Å². The Bertz CT molecular complexity index is 1130. The van der Waals surface area contributed by atoms with Crippen LogP contribution in [0.5, 0.6) is 0 Å². The average molecular weight is 421 g/mol. The minimum absolute atomic E-state index is 0.172. The van der Waals surface area contributed by atoms with Crippen molar-refractivity contribution in [1.29, 1.82) is 0 Å². The Balaban J connectivity index is 1.47. The maximum atomic E-state index is 12.5. The van der Waals surface area contributed by atoms with Crippen molar-refractivity contribution in [3.8, 4) is 11.3 Å². The zero-order chi connectivity index (χ0) is 21.1. The highest BCUT2D eigenvalue weighted by atomic mass is 32.1. The number of carbonyl (C=O) groups excluding carboxylic acids is 1. The molecule has 7 nitrogen and oxygen atoms in total. The van der Waals surface area contributed by atoms with Gasteiger partial charge in [-0.2, -0.15) is 5.10 Å². The molecule has 0 radical (unpaired) electrons. The number of aryl methyl sites for hydroxylation is 2. The molecule has 0 aliphatic heterocycles. The van der Waals surface area contributed by atoms with Crippen molar-refractivity contribution in [2.75, 3.05) is 5.32 Å². The fourth-order valence-electron chi connectivity index (χ4n) is 3.49. The molecule has 0 spiro atoms. The molecule has 3 aromatic heterocycles. The maximum Gasteiger partial charge on any atom is 0.250 e. The standard InChI is InChI=1S/C22H24N6OS/c1-15-11-19(16(2)27(15)10-9-18-7-5-4-6-8-18)20-12-30-22(25-20)26-21(29)17(3)28-14-23-13-24-28/h4-8,11-14,17H,9-10H2,1-3H3,(H,25,26,29). The molecule has 0 saturated heterocycles. The summed E-state index contributed by atoms with van der Waals surface area (Å²) in [5.74, 6) is -0.172. The highest BCUT2D eigenvalue weighted by Gasteiger charge is 2.18. The number of benzene rings is 1. The van der Waals surface area contributed by atoms with Crippen molar-refractivity contribution in [2.24, 2.45) is 0 Å². The first-order chi connectivity index (χ1) is 14.5. The van der Waals surface area contributed by atoms with Gasteiger partial charge in [0.15, 0.2) is 5.13 Å². The number of carbonyl (C=O) groups is 1. The van der Waals surface area contributed by atoms with Gasteiger partial charge in [-0.1, -0.05) is 30.3 Å². The number of hydrogen-bond acceptors (Lipinski definition) is 5. The zero-order valence-corrected chi connectivity index (χ0v) is 18.1. The summed E-state index contributed by atoms with van der Waals surface area (Å²) < 4.78 is 3.84. The molecule has 1 amide bonds. The molecule has 1 N–H and O–H groups in total. The average Bonchev–Trinajstić information content (AvgIpc) is 3.49. The summed E-state index contributed by atoms with van der Waals surface area (Å²) in [5, 5.41) is 9.47. The molecule has 4 rings (SSSR count). The fraction of sp³-hybridized carbons (Fsp3) is 0.273. The summed E-state index contributed by atoms with van der Waals surface area (Å²) in [6.45, 7) is 6.94. The first-order valence-corrected chi connectivity index (χ1v) is 10.7. The van der Waals surface area contributed by atoms with Crippen molar-refractivity contribution in [3.05, 3.63) is 71.4 Å². The summed E-state index contributed by atoms with van der Waals surface area (Å²) in [6.07, 6.45) is 3.93. The van der Waals surface area contributed by atoms with E-state index in [9.17, 15) is 4.79 Å². The quantitative estimate of drug-likeness (QED) is 0.485. The van der Waals surface area contributed by atoms with Crippen LogP contribution in [0.25, 0.3) is 11.3 Å². The van der Waals surface area contributed by atoms with Crippen molar-refractivity contribution >= 4 is 22.4 Å². The monoisotopic (exact) mass is 420 g/mol. The van der Waals surface area contributed by atoms with Crippen LogP contribution in [0, 0.1) is 13.8 Å². The second kappa shape index (κ2) is 8.62. The summed E-state index contributed by atoms with van der Waals surface area (Å²) in [5.41, 5.74) is 5.69. The molecule has 3 heterocycles. The maximum absolute atomic E-state index is 12.5. The molecule has 154 valence electrons. The van der Waals surface area contributed by atoms with Crippen LogP contribution in [0.3, 0.4) is 0 Å². The third-order valence-electron chi connectivity index (χ3n) is 5.26. The highest BCUT2D eigenvalue weighted by molar-refractivity contribution is 7.14. The van der Waals surface area contributed by atoms with Crippen LogP contribution in [-0.2, 0) is 17.8 Å². The fourth-order valence-corrected chi connectivity index (χ4v) is 4.21. The van der Waals surface area contributed by atoms with Gasteiger partial charge in [0.25, 0.3) is 5.91 Å². The van der Waals surface area contributed by atoms with E-state index in [1.165, 1.54) is 45.6 Å². The van der Waals surface area contributed by atoms with Crippen LogP contribution < -0.4 is 5.32 Å². The minimum atomic E-state index is -0.456. The lowest BCUT2D eigenvalue weighted by atomic mass is 10.1. The predicted octanol–water partition coefficient (Wildman–Crippen LogP) is 4.26. The number of hydrogen-bond donors (Lipinski definition) is 1. The van der Waals surface area contributed by atoms with Gasteiger partial charge in [0.05, 0.1) is 5.69 Å². The Morgan fingerprint density at radius 1 is 1.23 bits per heavy atom. The van der Waals surface area contributed by atoms with Crippen LogP contribution in [0.2, 0.25) is 0 Å². The third-order valence-corrected chi connectivity index (χ3v) is 6.02. The number of amides is 1. The van der Waals surface area contributed by atoms with Gasteiger partial charge in [0.2, 0.25) is 0 Å². The van der Waals surface area contributed by atoms with E-state index in [2.05, 4.69) is 69.1 Å². The highest BCUT2D eigenvalue weighted by Crippen LogP contribution is 2.30. The van der Waals surface area contributed by atoms with Crippen LogP contribution in [0.1, 0.15) is 29.9 Å². The lowest BCUT2D eigenvalue weighted by Crippen LogP contribution is -2.23. The van der Waals surface area contributed by atoms with E-state index < -0.39 is 6.04 Å². The van der Waals surface area contributed by atoms with E-state index in [1.54, 1.807) is 6.92 Å². The molecule has 1 aromatic carbocycles. The molecule has 0 saturated carbocycles. The van der Waals surface area contributed by atoms with Gasteiger partial charge in [0.1, 0.15) is 18.7 Å². The number of anilines is 1. The largest absolute Gasteiger partial charge is 0.348 e. The van der Waals surface area contributed by atoms with E-state index in [0.717, 1.165) is 24.2 Å². The number of thiazole rings is 1. The van der Waals surface area contributed by atoms with E-state index in [1.807, 2.05) is 11.4 Å². The number of nitrogens with zero attached hydrogens (tertiary/aromatic N) is 5. The molecule has 30 heavy (non-hydrogen) atoms. The van der Waals surface area contributed by atoms with Crippen LogP contribution in [-0.4, -0.2) is 30.2 Å². The number of aromatic nitrogens is 5. The van der Waals surface area contributed by atoms with Gasteiger partial charge >= 0.3 is 0 Å². The van der Waals surface area contributed by atoms with Crippen LogP contribution in [0.15, 0.2) is 54.4 Å². The van der Waals surface area contributed by atoms with Gasteiger partial charge in [-0.05, 0) is 38.8 Å².